The minimum absolute atomic E-state index is 0.119. The van der Waals surface area contributed by atoms with E-state index in [2.05, 4.69) is 59.2 Å². The molecule has 1 N–H and O–H groups in total. The van der Waals surface area contributed by atoms with Crippen molar-refractivity contribution in [2.24, 2.45) is 5.41 Å². The van der Waals surface area contributed by atoms with Crippen LogP contribution >= 0.6 is 0 Å². The van der Waals surface area contributed by atoms with Crippen LogP contribution in [-0.2, 0) is 21.4 Å². The molecule has 0 spiro atoms. The number of amides is 2. The molecule has 3 atom stereocenters. The number of carbonyl (C=O) groups excluding carboxylic acids is 3. The number of nitrogens with zero attached hydrogens (tertiary/aromatic N) is 3. The number of aromatic nitrogens is 1. The highest BCUT2D eigenvalue weighted by Gasteiger charge is 2.61. The van der Waals surface area contributed by atoms with Crippen LogP contribution in [0.1, 0.15) is 115 Å². The number of sulfonamides is 1. The molecule has 2 aliphatic carbocycles. The van der Waals surface area contributed by atoms with Crippen molar-refractivity contribution >= 4 is 38.5 Å². The summed E-state index contributed by atoms with van der Waals surface area (Å²) in [5, 5.41) is 1.02. The van der Waals surface area contributed by atoms with Crippen molar-refractivity contribution in [3.8, 4) is 17.0 Å². The number of rotatable bonds is 10. The number of ketones is 1. The summed E-state index contributed by atoms with van der Waals surface area (Å²) < 4.78 is 36.4. The van der Waals surface area contributed by atoms with E-state index >= 15 is 4.79 Å². The number of hydrogen-bond acceptors (Lipinski definition) is 7. The Morgan fingerprint density at radius 2 is 1.64 bits per heavy atom. The maximum absolute atomic E-state index is 15.2. The van der Waals surface area contributed by atoms with Gasteiger partial charge in [0, 0.05) is 53.3 Å². The number of methoxy groups -OCH3 is 1. The molecule has 1 saturated heterocycles. The monoisotopic (exact) mass is 778 g/mol. The van der Waals surface area contributed by atoms with E-state index in [-0.39, 0.29) is 42.2 Å². The first-order chi connectivity index (χ1) is 26.8. The maximum atomic E-state index is 15.2. The van der Waals surface area contributed by atoms with Crippen molar-refractivity contribution < 1.29 is 27.5 Å². The lowest BCUT2D eigenvalue weighted by molar-refractivity contribution is -0.144. The van der Waals surface area contributed by atoms with Gasteiger partial charge in [0.15, 0.2) is 10.5 Å². The van der Waals surface area contributed by atoms with Gasteiger partial charge in [-0.1, -0.05) is 62.6 Å². The lowest BCUT2D eigenvalue weighted by atomic mass is 9.72. The van der Waals surface area contributed by atoms with Gasteiger partial charge in [0.25, 0.3) is 5.91 Å². The molecule has 3 heterocycles. The van der Waals surface area contributed by atoms with Gasteiger partial charge in [-0.2, -0.15) is 0 Å². The third kappa shape index (κ3) is 6.35. The second-order valence-electron chi connectivity index (χ2n) is 17.2. The second-order valence-corrected chi connectivity index (χ2v) is 19.2. The van der Waals surface area contributed by atoms with Gasteiger partial charge in [-0.15, -0.1) is 0 Å². The first-order valence-electron chi connectivity index (χ1n) is 20.3. The summed E-state index contributed by atoms with van der Waals surface area (Å²) in [6.07, 6.45) is 7.76. The largest absolute Gasteiger partial charge is 0.497 e. The standard InChI is InChI=1S/C45H54N4O6S/c1-29-37-26-34(55-5)19-21-35(37)40-39(30-13-8-6-9-14-30)36-20-18-32(42(51)46-56(53,54)45(22-23-45)41(50)31-15-10-7-11-16-31)25-38(36)49(40)28-44(29,2)43(52)48-24-12-17-33(48)27-47(3)4/h7,10-11,15-16,18-21,25-26,29-30,33H,6,8-9,12-14,17,22-24,27-28H2,1-5H3,(H,46,51). The maximum Gasteiger partial charge on any atom is 0.264 e. The van der Waals surface area contributed by atoms with Crippen LogP contribution in [0.3, 0.4) is 0 Å². The molecule has 4 aliphatic rings. The van der Waals surface area contributed by atoms with E-state index in [1.54, 1.807) is 49.6 Å². The molecule has 1 aromatic heterocycles. The van der Waals surface area contributed by atoms with E-state index in [0.717, 1.165) is 78.5 Å². The quantitative estimate of drug-likeness (QED) is 0.166. The summed E-state index contributed by atoms with van der Waals surface area (Å²) in [5.41, 5.74) is 4.84. The number of Topliss-reactive ketones (excluding diaryl/α,β-unsaturated/α-hetero) is 1. The van der Waals surface area contributed by atoms with Gasteiger partial charge < -0.3 is 19.1 Å². The van der Waals surface area contributed by atoms with Crippen LogP contribution in [0.4, 0.5) is 0 Å². The van der Waals surface area contributed by atoms with Gasteiger partial charge in [-0.3, -0.25) is 14.4 Å². The van der Waals surface area contributed by atoms with Crippen LogP contribution in [-0.4, -0.2) is 85.5 Å². The minimum Gasteiger partial charge on any atom is -0.497 e. The lowest BCUT2D eigenvalue weighted by Crippen LogP contribution is -2.50. The molecule has 2 amide bonds. The Labute approximate surface area is 330 Å². The SMILES string of the molecule is COc1ccc2c(c1)C(C)C(C)(C(=O)N1CCCC1CN(C)C)Cn1c-2c(C2CCCCC2)c2ccc(C(=O)NS(=O)(=O)C3(C(=O)c4ccccc4)CC3)cc21. The van der Waals surface area contributed by atoms with E-state index < -0.39 is 31.9 Å². The summed E-state index contributed by atoms with van der Waals surface area (Å²) in [5.74, 6) is -0.307. The van der Waals surface area contributed by atoms with E-state index in [1.807, 2.05) is 12.1 Å². The fourth-order valence-corrected chi connectivity index (χ4v) is 11.5. The number of likely N-dealkylation sites (tertiary alicyclic amines) is 1. The molecule has 296 valence electrons. The van der Waals surface area contributed by atoms with Gasteiger partial charge >= 0.3 is 0 Å². The lowest BCUT2D eigenvalue weighted by Gasteiger charge is -2.40. The van der Waals surface area contributed by atoms with Crippen molar-refractivity contribution in [3.63, 3.8) is 0 Å². The van der Waals surface area contributed by atoms with Crippen molar-refractivity contribution in [1.82, 2.24) is 19.1 Å². The average Bonchev–Trinajstić information content (AvgIpc) is 3.84. The zero-order valence-corrected chi connectivity index (χ0v) is 34.1. The number of hydrogen-bond donors (Lipinski definition) is 1. The molecular weight excluding hydrogens is 725 g/mol. The van der Waals surface area contributed by atoms with Gasteiger partial charge in [0.2, 0.25) is 15.9 Å². The van der Waals surface area contributed by atoms with Crippen molar-refractivity contribution in [2.75, 3.05) is 34.3 Å². The van der Waals surface area contributed by atoms with Crippen molar-refractivity contribution in [3.05, 3.63) is 89.0 Å². The highest BCUT2D eigenvalue weighted by Crippen LogP contribution is 2.53. The third-order valence-electron chi connectivity index (χ3n) is 13.4. The molecule has 11 heteroatoms. The fraction of sp³-hybridized carbons (Fsp3) is 0.489. The van der Waals surface area contributed by atoms with Gasteiger partial charge in [0.05, 0.1) is 18.2 Å². The highest BCUT2D eigenvalue weighted by molar-refractivity contribution is 7.92. The summed E-state index contributed by atoms with van der Waals surface area (Å²) in [6, 6.07) is 20.2. The predicted octanol–water partition coefficient (Wildman–Crippen LogP) is 7.52. The topological polar surface area (TPSA) is 118 Å². The molecule has 3 aromatic carbocycles. The molecule has 2 saturated carbocycles. The molecule has 0 bridgehead atoms. The van der Waals surface area contributed by atoms with Crippen LogP contribution < -0.4 is 9.46 Å². The number of fused-ring (bicyclic) bond motifs is 5. The minimum atomic E-state index is -4.36. The molecule has 3 fully saturated rings. The Morgan fingerprint density at radius 1 is 0.911 bits per heavy atom. The van der Waals surface area contributed by atoms with Crippen LogP contribution in [0.5, 0.6) is 5.75 Å². The predicted molar refractivity (Wildman–Crippen MR) is 219 cm³/mol. The Kier molecular flexibility index (Phi) is 9.92. The molecule has 0 radical (unpaired) electrons. The number of benzene rings is 3. The van der Waals surface area contributed by atoms with E-state index in [4.69, 9.17) is 4.74 Å². The molecule has 56 heavy (non-hydrogen) atoms. The molecule has 10 nitrogen and oxygen atoms in total. The third-order valence-corrected chi connectivity index (χ3v) is 15.5. The Balaban J connectivity index is 1.26. The van der Waals surface area contributed by atoms with Gasteiger partial charge in [-0.05, 0) is 113 Å². The molecule has 2 aliphatic heterocycles. The number of nitrogens with one attached hydrogen (secondary N) is 1. The van der Waals surface area contributed by atoms with E-state index in [0.29, 0.717) is 18.7 Å². The Hall–Kier alpha value is -4.48. The Morgan fingerprint density at radius 3 is 2.32 bits per heavy atom. The van der Waals surface area contributed by atoms with Gasteiger partial charge in [0.1, 0.15) is 5.75 Å². The summed E-state index contributed by atoms with van der Waals surface area (Å²) >= 11 is 0. The van der Waals surface area contributed by atoms with Crippen LogP contribution in [0.2, 0.25) is 0 Å². The average molecular weight is 779 g/mol. The molecule has 8 rings (SSSR count). The number of likely N-dealkylation sites (N-methyl/N-ethyl adjacent to an activating group) is 1. The highest BCUT2D eigenvalue weighted by atomic mass is 32.2. The summed E-state index contributed by atoms with van der Waals surface area (Å²) in [4.78, 5) is 47.0. The van der Waals surface area contributed by atoms with Crippen LogP contribution in [0.25, 0.3) is 22.2 Å². The zero-order chi connectivity index (χ0) is 39.6. The zero-order valence-electron chi connectivity index (χ0n) is 33.3. The number of ether oxygens (including phenoxy) is 1. The second kappa shape index (κ2) is 14.5. The van der Waals surface area contributed by atoms with Crippen LogP contribution in [0, 0.1) is 5.41 Å². The first-order valence-corrected chi connectivity index (χ1v) is 21.7. The fourth-order valence-electron chi connectivity index (χ4n) is 9.98. The molecular formula is C45H54N4O6S. The number of carbonyl (C=O) groups is 3. The van der Waals surface area contributed by atoms with E-state index in [1.165, 1.54) is 12.0 Å². The normalized spacial score (nSPS) is 23.4. The first kappa shape index (κ1) is 38.4. The molecule has 4 aromatic rings. The smallest absolute Gasteiger partial charge is 0.264 e. The Bertz CT molecular complexity index is 2310. The van der Waals surface area contributed by atoms with Crippen molar-refractivity contribution in [2.45, 2.75) is 101 Å². The molecule has 3 unspecified atom stereocenters. The van der Waals surface area contributed by atoms with Crippen LogP contribution in [0.15, 0.2) is 66.7 Å². The summed E-state index contributed by atoms with van der Waals surface area (Å²) in [7, 11) is 1.41. The summed E-state index contributed by atoms with van der Waals surface area (Å²) in [6.45, 7) is 6.15. The van der Waals surface area contributed by atoms with E-state index in [9.17, 15) is 18.0 Å². The van der Waals surface area contributed by atoms with Gasteiger partial charge in [-0.25, -0.2) is 13.1 Å². The van der Waals surface area contributed by atoms with Crippen molar-refractivity contribution in [1.29, 1.82) is 0 Å².